The highest BCUT2D eigenvalue weighted by molar-refractivity contribution is 7.94. The van der Waals surface area contributed by atoms with Crippen LogP contribution in [0.25, 0.3) is 0 Å². The minimum absolute atomic E-state index is 0.242. The van der Waals surface area contributed by atoms with Gasteiger partial charge in [-0.25, -0.2) is 8.42 Å². The summed E-state index contributed by atoms with van der Waals surface area (Å²) in [5.41, 5.74) is 6.29. The molecule has 0 spiro atoms. The number of thiophene rings is 1. The fraction of sp³-hybridized carbons (Fsp3) is 0. The van der Waals surface area contributed by atoms with Crippen LogP contribution in [0.3, 0.4) is 0 Å². The van der Waals surface area contributed by atoms with Crippen molar-refractivity contribution in [1.29, 1.82) is 0 Å². The van der Waals surface area contributed by atoms with Crippen molar-refractivity contribution in [3.05, 3.63) is 40.7 Å². The van der Waals surface area contributed by atoms with Crippen molar-refractivity contribution in [2.45, 2.75) is 4.21 Å². The minimum Gasteiger partial charge on any atom is -0.397 e. The van der Waals surface area contributed by atoms with Crippen LogP contribution in [0.1, 0.15) is 0 Å². The van der Waals surface area contributed by atoms with Crippen LogP contribution in [0.15, 0.2) is 39.9 Å². The summed E-state index contributed by atoms with van der Waals surface area (Å²) in [5.74, 6) is 0. The monoisotopic (exact) mass is 288 g/mol. The maximum Gasteiger partial charge on any atom is 0.271 e. The molecule has 0 radical (unpaired) electrons. The van der Waals surface area contributed by atoms with E-state index in [1.807, 2.05) is 0 Å². The molecule has 7 heteroatoms. The molecule has 0 unspecified atom stereocenters. The van der Waals surface area contributed by atoms with Crippen molar-refractivity contribution in [2.24, 2.45) is 0 Å². The summed E-state index contributed by atoms with van der Waals surface area (Å²) in [6.07, 6.45) is 0. The van der Waals surface area contributed by atoms with Crippen LogP contribution >= 0.6 is 22.9 Å². The Labute approximate surface area is 108 Å². The molecule has 0 aliphatic carbocycles. The fourth-order valence-electron chi connectivity index (χ4n) is 1.24. The van der Waals surface area contributed by atoms with E-state index in [0.29, 0.717) is 10.7 Å². The number of nitrogens with one attached hydrogen (secondary N) is 1. The Morgan fingerprint density at radius 1 is 1.29 bits per heavy atom. The van der Waals surface area contributed by atoms with Gasteiger partial charge in [-0.1, -0.05) is 17.7 Å². The maximum absolute atomic E-state index is 11.9. The van der Waals surface area contributed by atoms with Gasteiger partial charge in [0.05, 0.1) is 11.4 Å². The first-order chi connectivity index (χ1) is 7.99. The minimum atomic E-state index is -3.56. The molecule has 0 aliphatic heterocycles. The Hall–Kier alpha value is -1.24. The zero-order valence-corrected chi connectivity index (χ0v) is 10.9. The third-order valence-corrected chi connectivity index (χ3v) is 5.02. The number of sulfonamides is 1. The standard InChI is InChI=1S/C10H9ClN2O2S2/c11-7-3-4-9(8(12)6-7)13-17(14,15)10-2-1-5-16-10/h1-6,13H,12H2. The van der Waals surface area contributed by atoms with Crippen LogP contribution in [0, 0.1) is 0 Å². The average Bonchev–Trinajstić information content (AvgIpc) is 2.76. The Morgan fingerprint density at radius 3 is 2.65 bits per heavy atom. The van der Waals surface area contributed by atoms with Crippen LogP contribution in [0.4, 0.5) is 11.4 Å². The van der Waals surface area contributed by atoms with E-state index in [2.05, 4.69) is 4.72 Å². The third kappa shape index (κ3) is 2.71. The molecule has 3 N–H and O–H groups in total. The quantitative estimate of drug-likeness (QED) is 0.853. The normalized spacial score (nSPS) is 11.4. The topological polar surface area (TPSA) is 72.2 Å². The van der Waals surface area contributed by atoms with Gasteiger partial charge in [0, 0.05) is 5.02 Å². The lowest BCUT2D eigenvalue weighted by atomic mass is 10.3. The van der Waals surface area contributed by atoms with Gasteiger partial charge >= 0.3 is 0 Å². The Bertz CT molecular complexity index is 624. The van der Waals surface area contributed by atoms with Gasteiger partial charge < -0.3 is 5.73 Å². The first kappa shape index (κ1) is 12.2. The van der Waals surface area contributed by atoms with Crippen molar-refractivity contribution in [2.75, 3.05) is 10.5 Å². The number of benzene rings is 1. The summed E-state index contributed by atoms with van der Waals surface area (Å²) in [6, 6.07) is 7.80. The molecule has 0 saturated carbocycles. The van der Waals surface area contributed by atoms with E-state index in [1.165, 1.54) is 18.2 Å². The number of hydrogen-bond donors (Lipinski definition) is 2. The lowest BCUT2D eigenvalue weighted by molar-refractivity contribution is 0.603. The molecule has 1 heterocycles. The summed E-state index contributed by atoms with van der Waals surface area (Å²) >= 11 is 6.87. The van der Waals surface area contributed by atoms with Crippen LogP contribution in [0.5, 0.6) is 0 Å². The highest BCUT2D eigenvalue weighted by Crippen LogP contribution is 2.26. The largest absolute Gasteiger partial charge is 0.397 e. The highest BCUT2D eigenvalue weighted by Gasteiger charge is 2.16. The van der Waals surface area contributed by atoms with Crippen LogP contribution in [0.2, 0.25) is 5.02 Å². The van der Waals surface area contributed by atoms with Gasteiger partial charge in [0.1, 0.15) is 4.21 Å². The van der Waals surface area contributed by atoms with Crippen molar-refractivity contribution in [3.8, 4) is 0 Å². The van der Waals surface area contributed by atoms with E-state index in [1.54, 1.807) is 17.5 Å². The van der Waals surface area contributed by atoms with E-state index in [-0.39, 0.29) is 9.90 Å². The van der Waals surface area contributed by atoms with Gasteiger partial charge in [-0.15, -0.1) is 11.3 Å². The Kier molecular flexibility index (Phi) is 3.28. The molecule has 4 nitrogen and oxygen atoms in total. The number of rotatable bonds is 3. The number of nitrogen functional groups attached to an aromatic ring is 1. The summed E-state index contributed by atoms with van der Waals surface area (Å²) in [5, 5.41) is 2.15. The van der Waals surface area contributed by atoms with E-state index in [9.17, 15) is 8.42 Å². The van der Waals surface area contributed by atoms with E-state index < -0.39 is 10.0 Å². The van der Waals surface area contributed by atoms with E-state index in [0.717, 1.165) is 11.3 Å². The Balaban J connectivity index is 2.33. The third-order valence-electron chi connectivity index (χ3n) is 2.02. The van der Waals surface area contributed by atoms with Gasteiger partial charge in [-0.3, -0.25) is 4.72 Å². The zero-order valence-electron chi connectivity index (χ0n) is 8.55. The maximum atomic E-state index is 11.9. The molecule has 0 bridgehead atoms. The van der Waals surface area contributed by atoms with Gasteiger partial charge in [-0.05, 0) is 29.6 Å². The smallest absolute Gasteiger partial charge is 0.271 e. The second kappa shape index (κ2) is 4.56. The molecule has 1 aromatic heterocycles. The SMILES string of the molecule is Nc1cc(Cl)ccc1NS(=O)(=O)c1cccs1. The van der Waals surface area contributed by atoms with Crippen LogP contribution < -0.4 is 10.5 Å². The first-order valence-electron chi connectivity index (χ1n) is 4.60. The van der Waals surface area contributed by atoms with Gasteiger partial charge in [-0.2, -0.15) is 0 Å². The van der Waals surface area contributed by atoms with Crippen molar-refractivity contribution < 1.29 is 8.42 Å². The second-order valence-corrected chi connectivity index (χ2v) is 6.56. The van der Waals surface area contributed by atoms with Gasteiger partial charge in [0.25, 0.3) is 10.0 Å². The molecule has 2 aromatic rings. The summed E-state index contributed by atoms with van der Waals surface area (Å²) in [4.78, 5) is 0. The number of halogens is 1. The summed E-state index contributed by atoms with van der Waals surface area (Å²) < 4.78 is 26.5. The predicted octanol–water partition coefficient (Wildman–Crippen LogP) is 2.78. The lowest BCUT2D eigenvalue weighted by Gasteiger charge is -2.08. The molecule has 0 fully saturated rings. The fourth-order valence-corrected chi connectivity index (χ4v) is 3.50. The van der Waals surface area contributed by atoms with E-state index in [4.69, 9.17) is 17.3 Å². The lowest BCUT2D eigenvalue weighted by Crippen LogP contribution is -2.12. The van der Waals surface area contributed by atoms with Crippen molar-refractivity contribution >= 4 is 44.3 Å². The molecule has 1 aromatic carbocycles. The average molecular weight is 289 g/mol. The highest BCUT2D eigenvalue weighted by atomic mass is 35.5. The molecule has 90 valence electrons. The van der Waals surface area contributed by atoms with Crippen LogP contribution in [-0.2, 0) is 10.0 Å². The zero-order chi connectivity index (χ0) is 12.5. The molecule has 2 rings (SSSR count). The first-order valence-corrected chi connectivity index (χ1v) is 7.34. The van der Waals surface area contributed by atoms with Crippen molar-refractivity contribution in [3.63, 3.8) is 0 Å². The molecule has 0 saturated heterocycles. The molecular formula is C10H9ClN2O2S2. The predicted molar refractivity (Wildman–Crippen MR) is 71.0 cm³/mol. The van der Waals surface area contributed by atoms with Crippen LogP contribution in [-0.4, -0.2) is 8.42 Å². The number of anilines is 2. The molecule has 0 atom stereocenters. The molecule has 0 amide bonds. The summed E-state index contributed by atoms with van der Waals surface area (Å²) in [7, 11) is -3.56. The van der Waals surface area contributed by atoms with E-state index >= 15 is 0 Å². The number of nitrogens with two attached hydrogens (primary N) is 1. The molecule has 17 heavy (non-hydrogen) atoms. The van der Waals surface area contributed by atoms with Gasteiger partial charge in [0.15, 0.2) is 0 Å². The van der Waals surface area contributed by atoms with Crippen molar-refractivity contribution in [1.82, 2.24) is 0 Å². The second-order valence-electron chi connectivity index (χ2n) is 3.27. The summed E-state index contributed by atoms with van der Waals surface area (Å²) in [6.45, 7) is 0. The Morgan fingerprint density at radius 2 is 2.06 bits per heavy atom. The number of hydrogen-bond acceptors (Lipinski definition) is 4. The van der Waals surface area contributed by atoms with Gasteiger partial charge in [0.2, 0.25) is 0 Å². The molecule has 0 aliphatic rings. The molecular weight excluding hydrogens is 280 g/mol.